The molecule has 0 aliphatic rings. The van der Waals surface area contributed by atoms with Crippen molar-refractivity contribution in [1.29, 1.82) is 0 Å². The monoisotopic (exact) mass is 368 g/mol. The highest BCUT2D eigenvalue weighted by atomic mass is 35.5. The van der Waals surface area contributed by atoms with Gasteiger partial charge in [-0.2, -0.15) is 0 Å². The molecule has 8 heteroatoms. The van der Waals surface area contributed by atoms with Gasteiger partial charge in [-0.3, -0.25) is 9.79 Å². The lowest BCUT2D eigenvalue weighted by molar-refractivity contribution is 0.0972. The van der Waals surface area contributed by atoms with Gasteiger partial charge in [0, 0.05) is 20.6 Å². The number of primary amides is 1. The number of hydrogen-bond acceptors (Lipinski definition) is 3. The number of nitrogens with zero attached hydrogens (tertiary/aromatic N) is 2. The van der Waals surface area contributed by atoms with E-state index in [0.29, 0.717) is 34.9 Å². The van der Waals surface area contributed by atoms with Crippen molar-refractivity contribution in [1.82, 2.24) is 10.2 Å². The maximum atomic E-state index is 11.0. The Hall–Kier alpha value is -2.18. The number of benzene rings is 1. The number of nitrogens with one attached hydrogen (secondary N) is 1. The summed E-state index contributed by atoms with van der Waals surface area (Å²) in [4.78, 5) is 17.2. The standard InChI is InChI=1S/C16H18Cl2N4O2/c1-20-16(21-8-11-4-6-14(24-11)15(19)23)22(2)9-10-3-5-12(17)13(18)7-10/h3-7H,8-9H2,1-2H3,(H2,19,23)(H,20,21). The van der Waals surface area contributed by atoms with Crippen LogP contribution in [-0.2, 0) is 13.1 Å². The molecule has 3 N–H and O–H groups in total. The second-order valence-corrected chi connectivity index (χ2v) is 5.95. The molecule has 0 saturated heterocycles. The van der Waals surface area contributed by atoms with Gasteiger partial charge in [0.2, 0.25) is 0 Å². The number of carbonyl (C=O) groups excluding carboxylic acids is 1. The molecule has 0 aliphatic heterocycles. The Morgan fingerprint density at radius 2 is 2.04 bits per heavy atom. The van der Waals surface area contributed by atoms with E-state index in [-0.39, 0.29) is 5.76 Å². The van der Waals surface area contributed by atoms with Gasteiger partial charge < -0.3 is 20.4 Å². The Bertz CT molecular complexity index is 758. The fourth-order valence-electron chi connectivity index (χ4n) is 2.14. The van der Waals surface area contributed by atoms with E-state index in [1.807, 2.05) is 24.1 Å². The average Bonchev–Trinajstić information content (AvgIpc) is 3.01. The van der Waals surface area contributed by atoms with Crippen molar-refractivity contribution in [2.24, 2.45) is 10.7 Å². The van der Waals surface area contributed by atoms with Gasteiger partial charge in [0.25, 0.3) is 5.91 Å². The van der Waals surface area contributed by atoms with E-state index in [0.717, 1.165) is 5.56 Å². The van der Waals surface area contributed by atoms with E-state index in [1.165, 1.54) is 0 Å². The summed E-state index contributed by atoms with van der Waals surface area (Å²) in [6.45, 7) is 0.979. The first-order valence-corrected chi connectivity index (χ1v) is 7.90. The smallest absolute Gasteiger partial charge is 0.284 e. The van der Waals surface area contributed by atoms with Gasteiger partial charge in [-0.05, 0) is 29.8 Å². The molecule has 0 atom stereocenters. The predicted molar refractivity (Wildman–Crippen MR) is 95.4 cm³/mol. The van der Waals surface area contributed by atoms with E-state index < -0.39 is 5.91 Å². The number of halogens is 2. The fraction of sp³-hybridized carbons (Fsp3) is 0.250. The van der Waals surface area contributed by atoms with Gasteiger partial charge in [0.05, 0.1) is 16.6 Å². The Labute approximate surface area is 150 Å². The fourth-order valence-corrected chi connectivity index (χ4v) is 2.46. The SMILES string of the molecule is CN=C(NCc1ccc(C(N)=O)o1)N(C)Cc1ccc(Cl)c(Cl)c1. The highest BCUT2D eigenvalue weighted by Gasteiger charge is 2.10. The van der Waals surface area contributed by atoms with Gasteiger partial charge in [0.15, 0.2) is 11.7 Å². The van der Waals surface area contributed by atoms with Crippen molar-refractivity contribution in [2.45, 2.75) is 13.1 Å². The summed E-state index contributed by atoms with van der Waals surface area (Å²) >= 11 is 12.0. The van der Waals surface area contributed by atoms with Crippen LogP contribution in [-0.4, -0.2) is 30.9 Å². The van der Waals surface area contributed by atoms with Crippen LogP contribution < -0.4 is 11.1 Å². The number of nitrogens with two attached hydrogens (primary N) is 1. The lowest BCUT2D eigenvalue weighted by Crippen LogP contribution is -2.37. The Morgan fingerprint density at radius 3 is 2.62 bits per heavy atom. The zero-order valence-electron chi connectivity index (χ0n) is 13.3. The van der Waals surface area contributed by atoms with E-state index in [9.17, 15) is 4.79 Å². The van der Waals surface area contributed by atoms with E-state index in [1.54, 1.807) is 25.2 Å². The molecule has 0 spiro atoms. The minimum Gasteiger partial charge on any atom is -0.454 e. The molecule has 0 bridgehead atoms. The molecule has 6 nitrogen and oxygen atoms in total. The summed E-state index contributed by atoms with van der Waals surface area (Å²) in [6.07, 6.45) is 0. The van der Waals surface area contributed by atoms with Gasteiger partial charge >= 0.3 is 0 Å². The molecular weight excluding hydrogens is 351 g/mol. The van der Waals surface area contributed by atoms with Gasteiger partial charge in [-0.15, -0.1) is 0 Å². The van der Waals surface area contributed by atoms with Gasteiger partial charge in [0.1, 0.15) is 5.76 Å². The van der Waals surface area contributed by atoms with Crippen LogP contribution >= 0.6 is 23.2 Å². The molecule has 1 heterocycles. The van der Waals surface area contributed by atoms with Crippen LogP contribution in [0.15, 0.2) is 39.7 Å². The zero-order chi connectivity index (χ0) is 17.7. The molecule has 0 saturated carbocycles. The normalized spacial score (nSPS) is 11.4. The van der Waals surface area contributed by atoms with Gasteiger partial charge in [-0.25, -0.2) is 0 Å². The third-order valence-corrected chi connectivity index (χ3v) is 4.04. The molecule has 128 valence electrons. The third kappa shape index (κ3) is 4.66. The summed E-state index contributed by atoms with van der Waals surface area (Å²) in [5, 5.41) is 4.19. The van der Waals surface area contributed by atoms with Crippen LogP contribution in [0.5, 0.6) is 0 Å². The Kier molecular flexibility index (Phi) is 6.11. The molecule has 1 amide bonds. The molecule has 0 fully saturated rings. The number of hydrogen-bond donors (Lipinski definition) is 2. The lowest BCUT2D eigenvalue weighted by atomic mass is 10.2. The number of amides is 1. The third-order valence-electron chi connectivity index (χ3n) is 3.30. The Morgan fingerprint density at radius 1 is 1.29 bits per heavy atom. The highest BCUT2D eigenvalue weighted by Crippen LogP contribution is 2.23. The summed E-state index contributed by atoms with van der Waals surface area (Å²) in [7, 11) is 3.58. The molecule has 0 unspecified atom stereocenters. The molecule has 0 aliphatic carbocycles. The van der Waals surface area contributed by atoms with Crippen LogP contribution in [0.1, 0.15) is 21.9 Å². The molecule has 2 rings (SSSR count). The second-order valence-electron chi connectivity index (χ2n) is 5.14. The zero-order valence-corrected chi connectivity index (χ0v) is 14.9. The van der Waals surface area contributed by atoms with Crippen LogP contribution in [0.2, 0.25) is 10.0 Å². The van der Waals surface area contributed by atoms with Crippen LogP contribution in [0.3, 0.4) is 0 Å². The highest BCUT2D eigenvalue weighted by molar-refractivity contribution is 6.42. The first-order valence-electron chi connectivity index (χ1n) is 7.15. The van der Waals surface area contributed by atoms with E-state index in [2.05, 4.69) is 10.3 Å². The number of rotatable bonds is 5. The predicted octanol–water partition coefficient (Wildman–Crippen LogP) is 2.89. The minimum atomic E-state index is -0.595. The quantitative estimate of drug-likeness (QED) is 0.627. The van der Waals surface area contributed by atoms with Crippen molar-refractivity contribution in [3.8, 4) is 0 Å². The number of furan rings is 1. The summed E-state index contributed by atoms with van der Waals surface area (Å²) in [5.74, 6) is 0.791. The van der Waals surface area contributed by atoms with Gasteiger partial charge in [-0.1, -0.05) is 29.3 Å². The number of carbonyl (C=O) groups is 1. The summed E-state index contributed by atoms with van der Waals surface area (Å²) < 4.78 is 5.32. The average molecular weight is 369 g/mol. The first-order chi connectivity index (χ1) is 11.4. The first kappa shape index (κ1) is 18.2. The summed E-state index contributed by atoms with van der Waals surface area (Å²) in [6, 6.07) is 8.72. The lowest BCUT2D eigenvalue weighted by Gasteiger charge is -2.22. The Balaban J connectivity index is 1.96. The van der Waals surface area contributed by atoms with Crippen LogP contribution in [0, 0.1) is 0 Å². The molecule has 1 aromatic carbocycles. The molecular formula is C16H18Cl2N4O2. The topological polar surface area (TPSA) is 83.9 Å². The second kappa shape index (κ2) is 8.08. The van der Waals surface area contributed by atoms with Crippen LogP contribution in [0.4, 0.5) is 0 Å². The maximum Gasteiger partial charge on any atom is 0.284 e. The maximum absolute atomic E-state index is 11.0. The summed E-state index contributed by atoms with van der Waals surface area (Å²) in [5.41, 5.74) is 6.16. The molecule has 2 aromatic rings. The molecule has 0 radical (unpaired) electrons. The van der Waals surface area contributed by atoms with Crippen LogP contribution in [0.25, 0.3) is 0 Å². The van der Waals surface area contributed by atoms with Crippen molar-refractivity contribution in [3.05, 3.63) is 57.5 Å². The molecule has 1 aromatic heterocycles. The van der Waals surface area contributed by atoms with E-state index >= 15 is 0 Å². The van der Waals surface area contributed by atoms with Crippen molar-refractivity contribution in [2.75, 3.05) is 14.1 Å². The minimum absolute atomic E-state index is 0.131. The van der Waals surface area contributed by atoms with Crippen molar-refractivity contribution in [3.63, 3.8) is 0 Å². The number of aliphatic imine (C=N–C) groups is 1. The molecule has 24 heavy (non-hydrogen) atoms. The van der Waals surface area contributed by atoms with Crippen molar-refractivity contribution >= 4 is 35.1 Å². The van der Waals surface area contributed by atoms with Crippen molar-refractivity contribution < 1.29 is 9.21 Å². The number of guanidine groups is 1. The largest absolute Gasteiger partial charge is 0.454 e. The van der Waals surface area contributed by atoms with E-state index in [4.69, 9.17) is 33.4 Å².